The van der Waals surface area contributed by atoms with Crippen LogP contribution in [-0.2, 0) is 14.9 Å². The van der Waals surface area contributed by atoms with Crippen molar-refractivity contribution in [2.45, 2.75) is 13.3 Å². The van der Waals surface area contributed by atoms with Crippen molar-refractivity contribution < 1.29 is 74.3 Å². The van der Waals surface area contributed by atoms with Crippen molar-refractivity contribution in [2.24, 2.45) is 0 Å². The van der Waals surface area contributed by atoms with Gasteiger partial charge in [-0.2, -0.15) is 14.8 Å². The number of hydrogen-bond acceptors (Lipinski definition) is 3. The molecule has 0 saturated carbocycles. The van der Waals surface area contributed by atoms with Crippen LogP contribution in [0.2, 0.25) is 0 Å². The largest absolute Gasteiger partial charge is 1.00 e. The molecule has 0 aliphatic heterocycles. The minimum atomic E-state index is -3.74. The van der Waals surface area contributed by atoms with Crippen LogP contribution in [0.25, 0.3) is 0 Å². The number of hydrogen-bond donors (Lipinski definition) is 2. The Kier molecular flexibility index (Phi) is 14.8. The molecule has 5 nitrogen and oxygen atoms in total. The Labute approximate surface area is 127 Å². The third-order valence-electron chi connectivity index (χ3n) is 0.767. The number of rotatable bonds is 3. The van der Waals surface area contributed by atoms with Gasteiger partial charge in [0, 0.05) is 11.3 Å². The maximum atomic E-state index is 9.75. The van der Waals surface area contributed by atoms with Crippen LogP contribution in [0.3, 0.4) is 0 Å². The topological polar surface area (TPSA) is 91.7 Å². The number of carbonyl (C=O) groups is 1. The maximum absolute atomic E-state index is 9.75. The molecule has 0 amide bonds. The van der Waals surface area contributed by atoms with E-state index in [0.29, 0.717) is 0 Å². The molecule has 78 valence electrons. The van der Waals surface area contributed by atoms with Crippen molar-refractivity contribution in [3.8, 4) is 0 Å². The van der Waals surface area contributed by atoms with Crippen molar-refractivity contribution in [3.63, 3.8) is 0 Å². The molecule has 0 aliphatic carbocycles. The molecule has 0 aromatic rings. The van der Waals surface area contributed by atoms with E-state index in [0.717, 1.165) is 0 Å². The third kappa shape index (κ3) is 23.0. The fourth-order valence-corrected chi connectivity index (χ4v) is 0.547. The molecular formula is C7H13KO5S. The molecule has 0 rings (SSSR count). The first kappa shape index (κ1) is 20.2. The van der Waals surface area contributed by atoms with Crippen LogP contribution in [0.4, 0.5) is 0 Å². The van der Waals surface area contributed by atoms with E-state index in [1.54, 1.807) is 0 Å². The molecular weight excluding hydrogens is 235 g/mol. The van der Waals surface area contributed by atoms with Gasteiger partial charge in [0.1, 0.15) is 0 Å². The van der Waals surface area contributed by atoms with Crippen LogP contribution in [-0.4, -0.2) is 29.8 Å². The van der Waals surface area contributed by atoms with Gasteiger partial charge in [0.05, 0.1) is 0 Å². The number of carboxylic acids is 1. The summed E-state index contributed by atoms with van der Waals surface area (Å²) in [6.45, 7) is 7.83. The van der Waals surface area contributed by atoms with Crippen molar-refractivity contribution >= 4 is 16.1 Å². The van der Waals surface area contributed by atoms with E-state index in [4.69, 9.17) is 9.66 Å². The second-order valence-corrected chi connectivity index (χ2v) is 3.80. The van der Waals surface area contributed by atoms with E-state index in [1.165, 1.54) is 6.92 Å². The Bertz CT molecular complexity index is 258. The third-order valence-corrected chi connectivity index (χ3v) is 1.57. The van der Waals surface area contributed by atoms with Gasteiger partial charge in [-0.05, 0) is 6.92 Å². The van der Waals surface area contributed by atoms with Crippen LogP contribution in [0.1, 0.15) is 13.3 Å². The molecule has 0 unspecified atom stereocenters. The van der Waals surface area contributed by atoms with Crippen molar-refractivity contribution in [1.82, 2.24) is 0 Å². The van der Waals surface area contributed by atoms with Crippen LogP contribution >= 0.6 is 0 Å². The number of carboxylic acid groups (broad SMARTS) is 1. The first-order valence-corrected chi connectivity index (χ1v) is 4.95. The predicted molar refractivity (Wildman–Crippen MR) is 48.8 cm³/mol. The van der Waals surface area contributed by atoms with Crippen molar-refractivity contribution in [1.29, 1.82) is 0 Å². The van der Waals surface area contributed by atoms with E-state index < -0.39 is 16.1 Å². The normalized spacial score (nSPS) is 9.07. The van der Waals surface area contributed by atoms with Crippen molar-refractivity contribution in [3.05, 3.63) is 19.1 Å². The van der Waals surface area contributed by atoms with Gasteiger partial charge in [-0.3, -0.25) is 4.55 Å². The minimum Gasteiger partial charge on any atom is -0.478 e. The molecule has 7 heteroatoms. The van der Waals surface area contributed by atoms with Gasteiger partial charge in [-0.15, -0.1) is 0 Å². The first-order valence-electron chi connectivity index (χ1n) is 3.34. The predicted octanol–water partition coefficient (Wildman–Crippen LogP) is -2.25. The maximum Gasteiger partial charge on any atom is 1.00 e. The molecule has 0 fully saturated rings. The Morgan fingerprint density at radius 2 is 1.79 bits per heavy atom. The monoisotopic (exact) mass is 248 g/mol. The number of aliphatic carboxylic acids is 1. The average molecular weight is 248 g/mol. The molecule has 0 aromatic carbocycles. The van der Waals surface area contributed by atoms with Gasteiger partial charge in [0.25, 0.3) is 10.1 Å². The zero-order valence-corrected chi connectivity index (χ0v) is 12.3. The SMILES string of the molecule is C=C(C)C(=O)O.[CH2-]CCS(=O)(=O)O.[K+]. The van der Waals surface area contributed by atoms with E-state index >= 15 is 0 Å². The van der Waals surface area contributed by atoms with Gasteiger partial charge in [0.2, 0.25) is 0 Å². The summed E-state index contributed by atoms with van der Waals surface area (Å²) in [6.07, 6.45) is 0.221. The summed E-state index contributed by atoms with van der Waals surface area (Å²) in [4.78, 5) is 9.60. The molecule has 0 radical (unpaired) electrons. The van der Waals surface area contributed by atoms with Gasteiger partial charge in [-0.25, -0.2) is 4.79 Å². The Balaban J connectivity index is -0.000000163. The summed E-state index contributed by atoms with van der Waals surface area (Å²) in [5.41, 5.74) is 0.176. The molecule has 0 aliphatic rings. The quantitative estimate of drug-likeness (QED) is 0.255. The average Bonchev–Trinajstić information content (AvgIpc) is 1.85. The van der Waals surface area contributed by atoms with E-state index in [9.17, 15) is 13.2 Å². The van der Waals surface area contributed by atoms with Crippen LogP contribution < -0.4 is 51.4 Å². The van der Waals surface area contributed by atoms with Gasteiger partial charge in [0.15, 0.2) is 0 Å². The van der Waals surface area contributed by atoms with E-state index in [1.807, 2.05) is 0 Å². The van der Waals surface area contributed by atoms with Crippen LogP contribution in [0, 0.1) is 6.92 Å². The Morgan fingerprint density at radius 1 is 1.50 bits per heavy atom. The summed E-state index contributed by atoms with van der Waals surface area (Å²) < 4.78 is 27.4. The summed E-state index contributed by atoms with van der Waals surface area (Å²) >= 11 is 0. The standard InChI is InChI=1S/C4H6O2.C3H7O3S.K/c1-3(2)4(5)6;1-2-3-7(4,5)6;/h1H2,2H3,(H,5,6);1-3H2,(H,4,5,6);/q;-1;+1. The Hall–Kier alpha value is 0.756. The molecule has 2 N–H and O–H groups in total. The molecule has 0 bridgehead atoms. The minimum absolute atomic E-state index is 0. The molecule has 0 saturated heterocycles. The fraction of sp³-hybridized carbons (Fsp3) is 0.429. The van der Waals surface area contributed by atoms with E-state index in [2.05, 4.69) is 13.5 Å². The molecule has 14 heavy (non-hydrogen) atoms. The van der Waals surface area contributed by atoms with Gasteiger partial charge in [-0.1, -0.05) is 6.58 Å². The van der Waals surface area contributed by atoms with Crippen LogP contribution in [0.15, 0.2) is 12.2 Å². The fourth-order valence-electron chi connectivity index (χ4n) is 0.182. The summed E-state index contributed by atoms with van der Waals surface area (Å²) in [5, 5.41) is 7.89. The van der Waals surface area contributed by atoms with Crippen molar-refractivity contribution in [2.75, 3.05) is 5.75 Å². The van der Waals surface area contributed by atoms with Gasteiger partial charge < -0.3 is 12.0 Å². The summed E-state index contributed by atoms with van der Waals surface area (Å²) in [7, 11) is -3.74. The second kappa shape index (κ2) is 10.3. The second-order valence-electron chi connectivity index (χ2n) is 2.23. The van der Waals surface area contributed by atoms with E-state index in [-0.39, 0.29) is 69.1 Å². The molecule has 0 atom stereocenters. The zero-order valence-electron chi connectivity index (χ0n) is 8.36. The molecule has 0 heterocycles. The Morgan fingerprint density at radius 3 is 1.79 bits per heavy atom. The van der Waals surface area contributed by atoms with Gasteiger partial charge >= 0.3 is 57.4 Å². The molecule has 0 aromatic heterocycles. The first-order chi connectivity index (χ1) is 5.70. The zero-order chi connectivity index (χ0) is 11.1. The van der Waals surface area contributed by atoms with Crippen LogP contribution in [0.5, 0.6) is 0 Å². The smallest absolute Gasteiger partial charge is 0.478 e. The summed E-state index contributed by atoms with van der Waals surface area (Å²) in [5.74, 6) is -1.18. The molecule has 0 spiro atoms. The summed E-state index contributed by atoms with van der Waals surface area (Å²) in [6, 6.07) is 0.